The molecular weight excluding hydrogens is 371 g/mol. The molecule has 6 nitrogen and oxygen atoms in total. The largest absolute Gasteiger partial charge is 0.375 e. The zero-order valence-corrected chi connectivity index (χ0v) is 17.6. The van der Waals surface area contributed by atoms with Crippen LogP contribution in [0.5, 0.6) is 0 Å². The molecule has 1 aromatic carbocycles. The summed E-state index contributed by atoms with van der Waals surface area (Å²) in [5, 5.41) is 3.74. The van der Waals surface area contributed by atoms with Crippen molar-refractivity contribution >= 4 is 5.69 Å². The van der Waals surface area contributed by atoms with Crippen LogP contribution in [0.3, 0.4) is 0 Å². The first kappa shape index (κ1) is 20.3. The van der Waals surface area contributed by atoms with Gasteiger partial charge in [0.05, 0.1) is 17.8 Å². The van der Waals surface area contributed by atoms with Gasteiger partial charge >= 0.3 is 0 Å². The summed E-state index contributed by atoms with van der Waals surface area (Å²) in [7, 11) is 0. The Bertz CT molecular complexity index is 809. The molecule has 0 unspecified atom stereocenters. The molecule has 4 rings (SSSR count). The van der Waals surface area contributed by atoms with E-state index in [9.17, 15) is 4.39 Å². The third kappa shape index (κ3) is 4.78. The fourth-order valence-electron chi connectivity index (χ4n) is 4.33. The number of anilines is 1. The van der Waals surface area contributed by atoms with Crippen LogP contribution in [-0.2, 0) is 4.74 Å². The van der Waals surface area contributed by atoms with Gasteiger partial charge in [0.15, 0.2) is 5.82 Å². The molecule has 0 saturated carbocycles. The van der Waals surface area contributed by atoms with E-state index in [1.165, 1.54) is 0 Å². The van der Waals surface area contributed by atoms with Gasteiger partial charge in [-0.05, 0) is 64.7 Å². The summed E-state index contributed by atoms with van der Waals surface area (Å²) in [6, 6.07) is 5.84. The summed E-state index contributed by atoms with van der Waals surface area (Å²) in [6.45, 7) is 10.3. The molecule has 2 aliphatic rings. The number of nitrogens with zero attached hydrogens (tertiary/aromatic N) is 4. The fourth-order valence-corrected chi connectivity index (χ4v) is 4.33. The zero-order chi connectivity index (χ0) is 20.4. The molecular formula is C22H31FN4O2. The van der Waals surface area contributed by atoms with Crippen LogP contribution < -0.4 is 4.90 Å². The van der Waals surface area contributed by atoms with Crippen LogP contribution >= 0.6 is 0 Å². The summed E-state index contributed by atoms with van der Waals surface area (Å²) < 4.78 is 26.1. The number of halogens is 1. The summed E-state index contributed by atoms with van der Waals surface area (Å²) in [5.74, 6) is 0.393. The Balaban J connectivity index is 1.29. The number of piperidine rings is 2. The number of aryl methyl sites for hydroxylation is 1. The van der Waals surface area contributed by atoms with Crippen LogP contribution in [-0.4, -0.2) is 59.5 Å². The van der Waals surface area contributed by atoms with Gasteiger partial charge in [-0.3, -0.25) is 0 Å². The first-order chi connectivity index (χ1) is 14.0. The molecule has 0 spiro atoms. The van der Waals surface area contributed by atoms with Crippen molar-refractivity contribution < 1.29 is 13.7 Å². The Morgan fingerprint density at radius 2 is 1.72 bits per heavy atom. The molecule has 2 aliphatic heterocycles. The molecule has 7 heteroatoms. The lowest BCUT2D eigenvalue weighted by molar-refractivity contribution is -0.0540. The first-order valence-corrected chi connectivity index (χ1v) is 10.7. The van der Waals surface area contributed by atoms with E-state index in [1.54, 1.807) is 19.1 Å². The summed E-state index contributed by atoms with van der Waals surface area (Å²) in [4.78, 5) is 8.87. The molecule has 0 N–H and O–H groups in total. The standard InChI is InChI=1S/C22H31FN4O2/c1-15(2)26-10-6-18(7-11-26)28-19-8-12-27(13-9-19)17-4-5-20(21(23)14-17)22-24-16(3)25-29-22/h4-5,14-15,18-19H,6-13H2,1-3H3. The van der Waals surface area contributed by atoms with Crippen LogP contribution in [0.4, 0.5) is 10.1 Å². The Hall–Kier alpha value is -1.99. The highest BCUT2D eigenvalue weighted by Gasteiger charge is 2.27. The quantitative estimate of drug-likeness (QED) is 0.752. The number of hydrogen-bond acceptors (Lipinski definition) is 6. The third-order valence-electron chi connectivity index (χ3n) is 6.11. The highest BCUT2D eigenvalue weighted by atomic mass is 19.1. The van der Waals surface area contributed by atoms with Crippen molar-refractivity contribution in [2.45, 2.75) is 64.7 Å². The average Bonchev–Trinajstić information content (AvgIpc) is 3.15. The Labute approximate surface area is 172 Å². The maximum absolute atomic E-state index is 14.6. The lowest BCUT2D eigenvalue weighted by Crippen LogP contribution is -2.43. The highest BCUT2D eigenvalue weighted by Crippen LogP contribution is 2.29. The van der Waals surface area contributed by atoms with E-state index < -0.39 is 0 Å². The molecule has 0 aliphatic carbocycles. The van der Waals surface area contributed by atoms with E-state index in [4.69, 9.17) is 9.26 Å². The molecule has 2 aromatic rings. The van der Waals surface area contributed by atoms with Gasteiger partial charge in [-0.2, -0.15) is 4.98 Å². The van der Waals surface area contributed by atoms with Crippen LogP contribution in [0.2, 0.25) is 0 Å². The van der Waals surface area contributed by atoms with Crippen molar-refractivity contribution in [3.05, 3.63) is 29.8 Å². The van der Waals surface area contributed by atoms with Crippen molar-refractivity contribution in [1.82, 2.24) is 15.0 Å². The maximum Gasteiger partial charge on any atom is 0.260 e. The van der Waals surface area contributed by atoms with Gasteiger partial charge in [0.25, 0.3) is 5.89 Å². The molecule has 2 saturated heterocycles. The SMILES string of the molecule is Cc1noc(-c2ccc(N3CCC(OC4CCN(C(C)C)CC4)CC3)cc2F)n1. The lowest BCUT2D eigenvalue weighted by atomic mass is 10.0. The highest BCUT2D eigenvalue weighted by molar-refractivity contribution is 5.60. The monoisotopic (exact) mass is 402 g/mol. The zero-order valence-electron chi connectivity index (χ0n) is 17.6. The van der Waals surface area contributed by atoms with E-state index in [1.807, 2.05) is 6.07 Å². The number of benzene rings is 1. The molecule has 0 atom stereocenters. The van der Waals surface area contributed by atoms with Crippen LogP contribution in [0.25, 0.3) is 11.5 Å². The van der Waals surface area contributed by atoms with Crippen molar-refractivity contribution in [2.24, 2.45) is 0 Å². The smallest absolute Gasteiger partial charge is 0.260 e. The minimum Gasteiger partial charge on any atom is -0.375 e. The van der Waals surface area contributed by atoms with E-state index in [2.05, 4.69) is 33.8 Å². The Kier molecular flexibility index (Phi) is 6.15. The molecule has 2 fully saturated rings. The fraction of sp³-hybridized carbons (Fsp3) is 0.636. The van der Waals surface area contributed by atoms with E-state index in [0.29, 0.717) is 29.6 Å². The van der Waals surface area contributed by atoms with Gasteiger partial charge in [0, 0.05) is 37.9 Å². The second kappa shape index (κ2) is 8.79. The third-order valence-corrected chi connectivity index (χ3v) is 6.11. The second-order valence-electron chi connectivity index (χ2n) is 8.46. The van der Waals surface area contributed by atoms with Gasteiger partial charge in [-0.1, -0.05) is 5.16 Å². The number of rotatable bonds is 5. The van der Waals surface area contributed by atoms with Gasteiger partial charge in [-0.15, -0.1) is 0 Å². The van der Waals surface area contributed by atoms with Crippen molar-refractivity contribution in [3.63, 3.8) is 0 Å². The molecule has 3 heterocycles. The normalized spacial score (nSPS) is 20.0. The molecule has 0 amide bonds. The summed E-state index contributed by atoms with van der Waals surface area (Å²) in [5.41, 5.74) is 1.24. The van der Waals surface area contributed by atoms with E-state index in [-0.39, 0.29) is 11.7 Å². The van der Waals surface area contributed by atoms with Gasteiger partial charge in [-0.25, -0.2) is 4.39 Å². The Morgan fingerprint density at radius 1 is 1.07 bits per heavy atom. The molecule has 0 radical (unpaired) electrons. The van der Waals surface area contributed by atoms with Crippen molar-refractivity contribution in [3.8, 4) is 11.5 Å². The summed E-state index contributed by atoms with van der Waals surface area (Å²) >= 11 is 0. The van der Waals surface area contributed by atoms with E-state index >= 15 is 0 Å². The number of ether oxygens (including phenoxy) is 1. The Morgan fingerprint density at radius 3 is 2.28 bits per heavy atom. The number of aromatic nitrogens is 2. The van der Waals surface area contributed by atoms with Gasteiger partial charge < -0.3 is 19.1 Å². The van der Waals surface area contributed by atoms with Crippen LogP contribution in [0.1, 0.15) is 45.4 Å². The minimum absolute atomic E-state index is 0.224. The molecule has 1 aromatic heterocycles. The van der Waals surface area contributed by atoms with Gasteiger partial charge in [0.2, 0.25) is 0 Å². The minimum atomic E-state index is -0.332. The lowest BCUT2D eigenvalue weighted by Gasteiger charge is -2.38. The predicted octanol–water partition coefficient (Wildman–Crippen LogP) is 4.04. The molecule has 158 valence electrons. The second-order valence-corrected chi connectivity index (χ2v) is 8.46. The summed E-state index contributed by atoms with van der Waals surface area (Å²) in [6.07, 6.45) is 4.91. The van der Waals surface area contributed by atoms with Gasteiger partial charge in [0.1, 0.15) is 5.82 Å². The number of hydrogen-bond donors (Lipinski definition) is 0. The topological polar surface area (TPSA) is 54.6 Å². The maximum atomic E-state index is 14.6. The van der Waals surface area contributed by atoms with Crippen molar-refractivity contribution in [2.75, 3.05) is 31.1 Å². The predicted molar refractivity (Wildman–Crippen MR) is 110 cm³/mol. The first-order valence-electron chi connectivity index (χ1n) is 10.7. The molecule has 0 bridgehead atoms. The van der Waals surface area contributed by atoms with E-state index in [0.717, 1.165) is 57.5 Å². The molecule has 29 heavy (non-hydrogen) atoms. The van der Waals surface area contributed by atoms with Crippen LogP contribution in [0.15, 0.2) is 22.7 Å². The number of likely N-dealkylation sites (tertiary alicyclic amines) is 1. The van der Waals surface area contributed by atoms with Crippen LogP contribution in [0, 0.1) is 12.7 Å². The van der Waals surface area contributed by atoms with Crippen molar-refractivity contribution in [1.29, 1.82) is 0 Å². The average molecular weight is 403 g/mol.